The Hall–Kier alpha value is -1.13. The van der Waals surface area contributed by atoms with Crippen LogP contribution in [0.3, 0.4) is 0 Å². The first-order chi connectivity index (χ1) is 8.60. The van der Waals surface area contributed by atoms with Crippen molar-refractivity contribution in [3.8, 4) is 0 Å². The third-order valence-electron chi connectivity index (χ3n) is 3.06. The largest absolute Gasteiger partial charge is 0.469 e. The highest BCUT2D eigenvalue weighted by Crippen LogP contribution is 2.24. The Morgan fingerprint density at radius 3 is 2.67 bits per heavy atom. The molecule has 0 spiro atoms. The summed E-state index contributed by atoms with van der Waals surface area (Å²) in [6.07, 6.45) is 2.77. The van der Waals surface area contributed by atoms with E-state index in [2.05, 4.69) is 37.1 Å². The van der Waals surface area contributed by atoms with Crippen LogP contribution in [-0.4, -0.2) is 11.5 Å². The van der Waals surface area contributed by atoms with Gasteiger partial charge in [0.15, 0.2) is 0 Å². The fraction of sp³-hybridized carbons (Fsp3) is 0.500. The summed E-state index contributed by atoms with van der Waals surface area (Å²) >= 11 is 1.79. The van der Waals surface area contributed by atoms with Gasteiger partial charge >= 0.3 is 0 Å². The van der Waals surface area contributed by atoms with Crippen molar-refractivity contribution in [2.75, 3.05) is 6.54 Å². The third-order valence-corrected chi connectivity index (χ3v) is 4.15. The van der Waals surface area contributed by atoms with Crippen LogP contribution in [0.2, 0.25) is 0 Å². The van der Waals surface area contributed by atoms with E-state index in [0.29, 0.717) is 0 Å². The molecule has 0 aromatic carbocycles. The van der Waals surface area contributed by atoms with E-state index in [1.807, 2.05) is 13.2 Å². The number of nitrogens with one attached hydrogen (secondary N) is 1. The molecule has 1 unspecified atom stereocenters. The zero-order chi connectivity index (χ0) is 13.1. The normalized spacial score (nSPS) is 12.9. The molecule has 0 bridgehead atoms. The minimum atomic E-state index is 0.289. The number of rotatable bonds is 5. The van der Waals surface area contributed by atoms with Gasteiger partial charge in [-0.15, -0.1) is 11.3 Å². The fourth-order valence-corrected chi connectivity index (χ4v) is 2.98. The van der Waals surface area contributed by atoms with Crippen molar-refractivity contribution in [2.45, 2.75) is 40.2 Å². The van der Waals surface area contributed by atoms with Gasteiger partial charge in [-0.05, 0) is 33.4 Å². The van der Waals surface area contributed by atoms with Crippen LogP contribution in [0.15, 0.2) is 16.7 Å². The summed E-state index contributed by atoms with van der Waals surface area (Å²) in [7, 11) is 0. The van der Waals surface area contributed by atoms with Gasteiger partial charge in [-0.1, -0.05) is 6.92 Å². The molecule has 1 atom stereocenters. The SMILES string of the molecule is CCNC(Cc1nc(C)c(C)s1)c1coc(C)c1. The first-order valence-corrected chi connectivity index (χ1v) is 7.13. The molecule has 98 valence electrons. The zero-order valence-corrected chi connectivity index (χ0v) is 12.2. The van der Waals surface area contributed by atoms with Gasteiger partial charge < -0.3 is 9.73 Å². The minimum Gasteiger partial charge on any atom is -0.469 e. The monoisotopic (exact) mass is 264 g/mol. The minimum absolute atomic E-state index is 0.289. The number of thiazole rings is 1. The predicted molar refractivity (Wildman–Crippen MR) is 75.2 cm³/mol. The molecule has 0 fully saturated rings. The van der Waals surface area contributed by atoms with Crippen molar-refractivity contribution in [2.24, 2.45) is 0 Å². The Balaban J connectivity index is 2.15. The molecule has 0 aliphatic carbocycles. The molecule has 2 rings (SSSR count). The molecule has 0 aliphatic rings. The lowest BCUT2D eigenvalue weighted by molar-refractivity contribution is 0.511. The lowest BCUT2D eigenvalue weighted by Gasteiger charge is -2.14. The van der Waals surface area contributed by atoms with E-state index < -0.39 is 0 Å². The first-order valence-electron chi connectivity index (χ1n) is 6.31. The lowest BCUT2D eigenvalue weighted by Crippen LogP contribution is -2.22. The van der Waals surface area contributed by atoms with E-state index in [4.69, 9.17) is 4.42 Å². The predicted octanol–water partition coefficient (Wildman–Crippen LogP) is 3.55. The summed E-state index contributed by atoms with van der Waals surface area (Å²) in [6.45, 7) is 9.24. The average molecular weight is 264 g/mol. The van der Waals surface area contributed by atoms with Gasteiger partial charge in [0.05, 0.1) is 17.0 Å². The zero-order valence-electron chi connectivity index (χ0n) is 11.4. The van der Waals surface area contributed by atoms with E-state index >= 15 is 0 Å². The molecule has 2 heterocycles. The second kappa shape index (κ2) is 5.67. The van der Waals surface area contributed by atoms with Gasteiger partial charge in [0.1, 0.15) is 5.76 Å². The van der Waals surface area contributed by atoms with Crippen LogP contribution in [0.4, 0.5) is 0 Å². The Kier molecular flexibility index (Phi) is 4.19. The molecule has 3 nitrogen and oxygen atoms in total. The number of hydrogen-bond acceptors (Lipinski definition) is 4. The van der Waals surface area contributed by atoms with Crippen molar-refractivity contribution < 1.29 is 4.42 Å². The highest BCUT2D eigenvalue weighted by Gasteiger charge is 2.16. The van der Waals surface area contributed by atoms with Crippen LogP contribution in [0.5, 0.6) is 0 Å². The highest BCUT2D eigenvalue weighted by atomic mass is 32.1. The lowest BCUT2D eigenvalue weighted by atomic mass is 10.1. The van der Waals surface area contributed by atoms with Crippen LogP contribution in [0.25, 0.3) is 0 Å². The second-order valence-corrected chi connectivity index (χ2v) is 5.84. The van der Waals surface area contributed by atoms with Crippen LogP contribution in [0, 0.1) is 20.8 Å². The van der Waals surface area contributed by atoms with Gasteiger partial charge in [0.2, 0.25) is 0 Å². The summed E-state index contributed by atoms with van der Waals surface area (Å²) in [5, 5.41) is 4.69. The average Bonchev–Trinajstić information content (AvgIpc) is 2.86. The molecule has 2 aromatic heterocycles. The Bertz CT molecular complexity index is 496. The van der Waals surface area contributed by atoms with Crippen LogP contribution >= 0.6 is 11.3 Å². The van der Waals surface area contributed by atoms with Crippen molar-refractivity contribution >= 4 is 11.3 Å². The molecule has 2 aromatic rings. The topological polar surface area (TPSA) is 38.1 Å². The summed E-state index contributed by atoms with van der Waals surface area (Å²) < 4.78 is 5.40. The van der Waals surface area contributed by atoms with Crippen molar-refractivity contribution in [1.29, 1.82) is 0 Å². The van der Waals surface area contributed by atoms with Gasteiger partial charge in [0.25, 0.3) is 0 Å². The maximum Gasteiger partial charge on any atom is 0.101 e. The molecule has 4 heteroatoms. The Morgan fingerprint density at radius 2 is 2.17 bits per heavy atom. The van der Waals surface area contributed by atoms with E-state index in [9.17, 15) is 0 Å². The number of hydrogen-bond donors (Lipinski definition) is 1. The quantitative estimate of drug-likeness (QED) is 0.897. The van der Waals surface area contributed by atoms with Gasteiger partial charge in [0, 0.05) is 22.9 Å². The molecule has 0 aliphatic heterocycles. The molecule has 0 saturated carbocycles. The summed E-state index contributed by atoms with van der Waals surface area (Å²) in [4.78, 5) is 5.92. The molecule has 1 N–H and O–H groups in total. The summed E-state index contributed by atoms with van der Waals surface area (Å²) in [5.74, 6) is 0.958. The van der Waals surface area contributed by atoms with Crippen LogP contribution in [-0.2, 0) is 6.42 Å². The number of aryl methyl sites for hydroxylation is 3. The standard InChI is InChI=1S/C14H20N2OS/c1-5-15-13(12-6-9(2)17-8-12)7-14-16-10(3)11(4)18-14/h6,8,13,15H,5,7H2,1-4H3. The van der Waals surface area contributed by atoms with Crippen molar-refractivity contribution in [3.05, 3.63) is 39.2 Å². The van der Waals surface area contributed by atoms with Gasteiger partial charge in [-0.2, -0.15) is 0 Å². The maximum absolute atomic E-state index is 5.40. The summed E-state index contributed by atoms with van der Waals surface area (Å²) in [5.41, 5.74) is 2.36. The maximum atomic E-state index is 5.40. The number of likely N-dealkylation sites (N-methyl/N-ethyl adjacent to an activating group) is 1. The summed E-state index contributed by atoms with van der Waals surface area (Å²) in [6, 6.07) is 2.39. The van der Waals surface area contributed by atoms with Crippen LogP contribution in [0.1, 0.15) is 39.9 Å². The smallest absolute Gasteiger partial charge is 0.101 e. The van der Waals surface area contributed by atoms with Crippen molar-refractivity contribution in [1.82, 2.24) is 10.3 Å². The molecule has 18 heavy (non-hydrogen) atoms. The van der Waals surface area contributed by atoms with Crippen molar-refractivity contribution in [3.63, 3.8) is 0 Å². The van der Waals surface area contributed by atoms with E-state index in [0.717, 1.165) is 24.4 Å². The Morgan fingerprint density at radius 1 is 1.39 bits per heavy atom. The number of furan rings is 1. The molecular formula is C14H20N2OS. The fourth-order valence-electron chi connectivity index (χ4n) is 2.00. The van der Waals surface area contributed by atoms with Crippen LogP contribution < -0.4 is 5.32 Å². The third kappa shape index (κ3) is 3.00. The first kappa shape index (κ1) is 13.3. The second-order valence-electron chi connectivity index (χ2n) is 4.55. The molecule has 0 saturated heterocycles. The number of aromatic nitrogens is 1. The highest BCUT2D eigenvalue weighted by molar-refractivity contribution is 7.11. The van der Waals surface area contributed by atoms with Gasteiger partial charge in [-0.3, -0.25) is 0 Å². The van der Waals surface area contributed by atoms with E-state index in [1.165, 1.54) is 15.4 Å². The number of nitrogens with zero attached hydrogens (tertiary/aromatic N) is 1. The molecule has 0 radical (unpaired) electrons. The van der Waals surface area contributed by atoms with Gasteiger partial charge in [-0.25, -0.2) is 4.98 Å². The van der Waals surface area contributed by atoms with E-state index in [1.54, 1.807) is 11.3 Å². The molecule has 0 amide bonds. The molecular weight excluding hydrogens is 244 g/mol. The Labute approximate surface area is 112 Å². The van der Waals surface area contributed by atoms with E-state index in [-0.39, 0.29) is 6.04 Å².